The van der Waals surface area contributed by atoms with E-state index in [-0.39, 0.29) is 29.8 Å². The van der Waals surface area contributed by atoms with E-state index in [1.807, 2.05) is 0 Å². The Morgan fingerprint density at radius 1 is 1.06 bits per heavy atom. The molecule has 0 spiro atoms. The van der Waals surface area contributed by atoms with E-state index in [0.717, 1.165) is 29.2 Å². The second kappa shape index (κ2) is 9.93. The number of halogens is 5. The molecule has 0 saturated heterocycles. The molecule has 4 aromatic rings. The maximum atomic E-state index is 14.6. The van der Waals surface area contributed by atoms with Crippen molar-refractivity contribution < 1.29 is 27.1 Å². The molecule has 0 saturated carbocycles. The first-order valence-electron chi connectivity index (χ1n) is 10.7. The molecule has 0 unspecified atom stereocenters. The van der Waals surface area contributed by atoms with Crippen LogP contribution >= 0.6 is 0 Å². The normalized spacial score (nSPS) is 14.8. The summed E-state index contributed by atoms with van der Waals surface area (Å²) in [6.07, 6.45) is 2.20. The third-order valence-electron chi connectivity index (χ3n) is 5.80. The molecule has 4 rings (SSSR count). The number of aromatic nitrogens is 7. The van der Waals surface area contributed by atoms with Crippen LogP contribution in [-0.2, 0) is 18.3 Å². The molecule has 0 aliphatic heterocycles. The average molecular weight is 505 g/mol. The molecule has 0 fully saturated rings. The topological polar surface area (TPSA) is 94.5 Å². The molecular formula is C23H20F5N7O. The van der Waals surface area contributed by atoms with Gasteiger partial charge in [0, 0.05) is 11.6 Å². The van der Waals surface area contributed by atoms with Gasteiger partial charge in [-0.3, -0.25) is 0 Å². The molecule has 0 bridgehead atoms. The summed E-state index contributed by atoms with van der Waals surface area (Å²) >= 11 is 0. The van der Waals surface area contributed by atoms with Crippen LogP contribution in [0.15, 0.2) is 61.5 Å². The fourth-order valence-electron chi connectivity index (χ4n) is 3.87. The first-order chi connectivity index (χ1) is 17.1. The molecule has 0 aliphatic carbocycles. The van der Waals surface area contributed by atoms with Gasteiger partial charge in [-0.2, -0.15) is 23.0 Å². The van der Waals surface area contributed by atoms with E-state index in [2.05, 4.69) is 25.6 Å². The fraction of sp³-hybridized carbons (Fsp3) is 0.261. The van der Waals surface area contributed by atoms with Crippen LogP contribution in [0.25, 0.3) is 11.8 Å². The van der Waals surface area contributed by atoms with E-state index < -0.39 is 34.9 Å². The minimum Gasteiger partial charge on any atom is -0.383 e. The molecule has 2 atom stereocenters. The number of allylic oxidation sites excluding steroid dienone is 1. The van der Waals surface area contributed by atoms with Crippen molar-refractivity contribution >= 4 is 6.08 Å². The van der Waals surface area contributed by atoms with Gasteiger partial charge in [0.1, 0.15) is 36.2 Å². The van der Waals surface area contributed by atoms with Gasteiger partial charge in [-0.05, 0) is 46.5 Å². The van der Waals surface area contributed by atoms with Crippen LogP contribution in [0.4, 0.5) is 22.0 Å². The standard InChI is InChI=1S/C23H20F5N7O/c1-15(22(36,11-34-13-29-12-31-34)18-7-6-17(24)10-20(18)25)3-2-4-16-5-8-21(35-14-30-32-33-35)19(9-16)23(26,27)28/h2,4-10,12-15,36H,3,11H2,1H3/b4-2+/t15-,22+/m0/s1. The summed E-state index contributed by atoms with van der Waals surface area (Å²) in [6.45, 7) is 1.47. The van der Waals surface area contributed by atoms with Crippen molar-refractivity contribution in [3.63, 3.8) is 0 Å². The fourth-order valence-corrected chi connectivity index (χ4v) is 3.87. The van der Waals surface area contributed by atoms with Crippen molar-refractivity contribution in [3.8, 4) is 5.69 Å². The molecule has 188 valence electrons. The van der Waals surface area contributed by atoms with Gasteiger partial charge in [0.15, 0.2) is 0 Å². The number of rotatable bonds is 8. The Labute approximate surface area is 201 Å². The maximum Gasteiger partial charge on any atom is 0.418 e. The summed E-state index contributed by atoms with van der Waals surface area (Å²) < 4.78 is 71.3. The van der Waals surface area contributed by atoms with Crippen molar-refractivity contribution in [3.05, 3.63) is 89.8 Å². The summed E-state index contributed by atoms with van der Waals surface area (Å²) in [6, 6.07) is 6.55. The number of alkyl halides is 3. The zero-order chi connectivity index (χ0) is 25.9. The lowest BCUT2D eigenvalue weighted by Crippen LogP contribution is -2.39. The van der Waals surface area contributed by atoms with E-state index in [1.165, 1.54) is 35.5 Å². The van der Waals surface area contributed by atoms with Crippen molar-refractivity contribution in [1.82, 2.24) is 35.0 Å². The molecule has 2 aromatic carbocycles. The Balaban J connectivity index is 1.60. The van der Waals surface area contributed by atoms with Crippen molar-refractivity contribution in [2.75, 3.05) is 0 Å². The van der Waals surface area contributed by atoms with Crippen LogP contribution in [0.2, 0.25) is 0 Å². The van der Waals surface area contributed by atoms with Crippen molar-refractivity contribution in [2.24, 2.45) is 5.92 Å². The second-order valence-corrected chi connectivity index (χ2v) is 8.21. The number of nitrogens with zero attached hydrogens (tertiary/aromatic N) is 7. The van der Waals surface area contributed by atoms with Crippen LogP contribution in [-0.4, -0.2) is 40.1 Å². The minimum atomic E-state index is -4.66. The lowest BCUT2D eigenvalue weighted by Gasteiger charge is -2.34. The zero-order valence-corrected chi connectivity index (χ0v) is 18.8. The predicted molar refractivity (Wildman–Crippen MR) is 117 cm³/mol. The first-order valence-corrected chi connectivity index (χ1v) is 10.7. The van der Waals surface area contributed by atoms with Gasteiger partial charge in [-0.25, -0.2) is 18.4 Å². The summed E-state index contributed by atoms with van der Waals surface area (Å²) in [7, 11) is 0. The largest absolute Gasteiger partial charge is 0.418 e. The van der Waals surface area contributed by atoms with E-state index in [1.54, 1.807) is 13.0 Å². The summed E-state index contributed by atoms with van der Waals surface area (Å²) in [5.41, 5.74) is -2.87. The predicted octanol–water partition coefficient (Wildman–Crippen LogP) is 4.18. The maximum absolute atomic E-state index is 14.6. The van der Waals surface area contributed by atoms with Crippen LogP contribution in [0, 0.1) is 17.6 Å². The Hall–Kier alpha value is -4.00. The molecule has 0 amide bonds. The molecule has 8 nitrogen and oxygen atoms in total. The molecule has 2 heterocycles. The Morgan fingerprint density at radius 2 is 1.86 bits per heavy atom. The van der Waals surface area contributed by atoms with E-state index >= 15 is 0 Å². The van der Waals surface area contributed by atoms with Crippen molar-refractivity contribution in [2.45, 2.75) is 31.7 Å². The van der Waals surface area contributed by atoms with Gasteiger partial charge in [0.25, 0.3) is 0 Å². The van der Waals surface area contributed by atoms with Crippen LogP contribution in [0.5, 0.6) is 0 Å². The highest BCUT2D eigenvalue weighted by atomic mass is 19.4. The van der Waals surface area contributed by atoms with Crippen LogP contribution in [0.1, 0.15) is 30.0 Å². The van der Waals surface area contributed by atoms with E-state index in [9.17, 15) is 27.1 Å². The van der Waals surface area contributed by atoms with Gasteiger partial charge in [-0.15, -0.1) is 5.10 Å². The zero-order valence-electron chi connectivity index (χ0n) is 18.8. The third kappa shape index (κ3) is 5.30. The summed E-state index contributed by atoms with van der Waals surface area (Å²) in [4.78, 5) is 3.82. The summed E-state index contributed by atoms with van der Waals surface area (Å²) in [5.74, 6) is -2.38. The van der Waals surface area contributed by atoms with Crippen molar-refractivity contribution in [1.29, 1.82) is 0 Å². The van der Waals surface area contributed by atoms with Crippen LogP contribution in [0.3, 0.4) is 0 Å². The van der Waals surface area contributed by atoms with Gasteiger partial charge in [-0.1, -0.05) is 31.2 Å². The monoisotopic (exact) mass is 505 g/mol. The highest BCUT2D eigenvalue weighted by molar-refractivity contribution is 5.56. The smallest absolute Gasteiger partial charge is 0.383 e. The number of hydrogen-bond acceptors (Lipinski definition) is 6. The highest BCUT2D eigenvalue weighted by Gasteiger charge is 2.38. The third-order valence-corrected chi connectivity index (χ3v) is 5.80. The molecule has 0 aliphatic rings. The molecule has 13 heteroatoms. The number of hydrogen-bond donors (Lipinski definition) is 1. The average Bonchev–Trinajstić information content (AvgIpc) is 3.52. The minimum absolute atomic E-state index is 0.134. The number of benzene rings is 2. The molecular weight excluding hydrogens is 485 g/mol. The van der Waals surface area contributed by atoms with Gasteiger partial charge < -0.3 is 5.11 Å². The van der Waals surface area contributed by atoms with Gasteiger partial charge >= 0.3 is 6.18 Å². The molecule has 0 radical (unpaired) electrons. The van der Waals surface area contributed by atoms with Gasteiger partial charge in [0.2, 0.25) is 0 Å². The van der Waals surface area contributed by atoms with E-state index in [4.69, 9.17) is 0 Å². The lowest BCUT2D eigenvalue weighted by molar-refractivity contribution is -0.137. The molecule has 2 aromatic heterocycles. The Morgan fingerprint density at radius 3 is 2.50 bits per heavy atom. The highest BCUT2D eigenvalue weighted by Crippen LogP contribution is 2.37. The molecule has 36 heavy (non-hydrogen) atoms. The lowest BCUT2D eigenvalue weighted by atomic mass is 9.80. The van der Waals surface area contributed by atoms with E-state index in [0.29, 0.717) is 6.07 Å². The SMILES string of the molecule is C[C@@H](C/C=C/c1ccc(-n2cnnn2)c(C(F)(F)F)c1)[C@](O)(Cn1cncn1)c1ccc(F)cc1F. The quantitative estimate of drug-likeness (QED) is 0.361. The second-order valence-electron chi connectivity index (χ2n) is 8.21. The number of tetrazole rings is 1. The first kappa shape index (κ1) is 25.1. The Bertz CT molecular complexity index is 1340. The summed E-state index contributed by atoms with van der Waals surface area (Å²) in [5, 5.41) is 25.7. The molecule has 1 N–H and O–H groups in total. The van der Waals surface area contributed by atoms with Gasteiger partial charge in [0.05, 0.1) is 17.8 Å². The Kier molecular flexibility index (Phi) is 6.93. The van der Waals surface area contributed by atoms with Crippen LogP contribution < -0.4 is 0 Å². The number of aliphatic hydroxyl groups is 1.